The Morgan fingerprint density at radius 3 is 2.41 bits per heavy atom. The fourth-order valence-electron chi connectivity index (χ4n) is 3.50. The van der Waals surface area contributed by atoms with Crippen molar-refractivity contribution in [1.82, 2.24) is 9.80 Å². The van der Waals surface area contributed by atoms with Crippen LogP contribution in [0.5, 0.6) is 0 Å². The van der Waals surface area contributed by atoms with Gasteiger partial charge in [0.05, 0.1) is 4.92 Å². The SMILES string of the molecule is Cc1cc(C(=O)N2CCN(C(C)c3ccccc3Cl)CC2)ccc1[N+](=O)[O-]. The Morgan fingerprint density at radius 1 is 1.15 bits per heavy atom. The quantitative estimate of drug-likeness (QED) is 0.585. The lowest BCUT2D eigenvalue weighted by molar-refractivity contribution is -0.385. The van der Waals surface area contributed by atoms with Gasteiger partial charge in [0.2, 0.25) is 0 Å². The van der Waals surface area contributed by atoms with Crippen LogP contribution in [-0.4, -0.2) is 46.8 Å². The zero-order chi connectivity index (χ0) is 19.6. The molecule has 142 valence electrons. The molecule has 0 bridgehead atoms. The van der Waals surface area contributed by atoms with Crippen LogP contribution in [0.4, 0.5) is 5.69 Å². The smallest absolute Gasteiger partial charge is 0.272 e. The number of nitro benzene ring substituents is 1. The van der Waals surface area contributed by atoms with E-state index >= 15 is 0 Å². The molecule has 1 heterocycles. The van der Waals surface area contributed by atoms with E-state index in [1.54, 1.807) is 17.9 Å². The Hall–Kier alpha value is -2.44. The zero-order valence-electron chi connectivity index (χ0n) is 15.4. The summed E-state index contributed by atoms with van der Waals surface area (Å²) in [6.45, 7) is 6.51. The van der Waals surface area contributed by atoms with Crippen LogP contribution in [0.1, 0.15) is 34.5 Å². The summed E-state index contributed by atoms with van der Waals surface area (Å²) in [6.07, 6.45) is 0. The third-order valence-electron chi connectivity index (χ3n) is 5.14. The van der Waals surface area contributed by atoms with E-state index in [0.717, 1.165) is 23.7 Å². The summed E-state index contributed by atoms with van der Waals surface area (Å²) in [4.78, 5) is 27.4. The van der Waals surface area contributed by atoms with Crippen molar-refractivity contribution in [3.05, 3.63) is 74.3 Å². The Balaban J connectivity index is 1.65. The zero-order valence-corrected chi connectivity index (χ0v) is 16.1. The van der Waals surface area contributed by atoms with Gasteiger partial charge in [-0.05, 0) is 37.6 Å². The van der Waals surface area contributed by atoms with Crippen molar-refractivity contribution in [3.8, 4) is 0 Å². The molecule has 0 aliphatic carbocycles. The first-order valence-corrected chi connectivity index (χ1v) is 9.29. The number of rotatable bonds is 4. The minimum Gasteiger partial charge on any atom is -0.336 e. The maximum atomic E-state index is 12.8. The summed E-state index contributed by atoms with van der Waals surface area (Å²) in [5.41, 5.74) is 2.11. The highest BCUT2D eigenvalue weighted by molar-refractivity contribution is 6.31. The molecule has 0 radical (unpaired) electrons. The van der Waals surface area contributed by atoms with Gasteiger partial charge in [0.1, 0.15) is 0 Å². The predicted octanol–water partition coefficient (Wildman–Crippen LogP) is 4.08. The van der Waals surface area contributed by atoms with Crippen LogP contribution in [0.3, 0.4) is 0 Å². The van der Waals surface area contributed by atoms with Gasteiger partial charge in [0.15, 0.2) is 0 Å². The van der Waals surface area contributed by atoms with Gasteiger partial charge < -0.3 is 4.90 Å². The standard InChI is InChI=1S/C20H22ClN3O3/c1-14-13-16(7-8-19(14)24(26)27)20(25)23-11-9-22(10-12-23)15(2)17-5-3-4-6-18(17)21/h3-8,13,15H,9-12H2,1-2H3. The molecule has 0 N–H and O–H groups in total. The lowest BCUT2D eigenvalue weighted by atomic mass is 10.1. The summed E-state index contributed by atoms with van der Waals surface area (Å²) in [6, 6.07) is 12.5. The fourth-order valence-corrected chi connectivity index (χ4v) is 3.79. The number of hydrogen-bond acceptors (Lipinski definition) is 4. The van der Waals surface area contributed by atoms with Crippen molar-refractivity contribution >= 4 is 23.2 Å². The van der Waals surface area contributed by atoms with Crippen molar-refractivity contribution < 1.29 is 9.72 Å². The lowest BCUT2D eigenvalue weighted by Gasteiger charge is -2.38. The maximum absolute atomic E-state index is 12.8. The molecule has 0 aromatic heterocycles. The van der Waals surface area contributed by atoms with Crippen molar-refractivity contribution in [2.75, 3.05) is 26.2 Å². The van der Waals surface area contributed by atoms with Crippen LogP contribution in [0.25, 0.3) is 0 Å². The van der Waals surface area contributed by atoms with Crippen molar-refractivity contribution in [1.29, 1.82) is 0 Å². The van der Waals surface area contributed by atoms with Gasteiger partial charge in [-0.25, -0.2) is 0 Å². The first-order chi connectivity index (χ1) is 12.9. The predicted molar refractivity (Wildman–Crippen MR) is 105 cm³/mol. The van der Waals surface area contributed by atoms with Crippen molar-refractivity contribution in [2.45, 2.75) is 19.9 Å². The molecule has 1 saturated heterocycles. The number of carbonyl (C=O) groups excluding carboxylic acids is 1. The molecule has 1 aliphatic heterocycles. The van der Waals surface area contributed by atoms with Gasteiger partial charge in [0.25, 0.3) is 11.6 Å². The number of piperazine rings is 1. The molecule has 7 heteroatoms. The molecule has 27 heavy (non-hydrogen) atoms. The van der Waals surface area contributed by atoms with E-state index < -0.39 is 4.92 Å². The Morgan fingerprint density at radius 2 is 1.81 bits per heavy atom. The van der Waals surface area contributed by atoms with Gasteiger partial charge in [-0.15, -0.1) is 0 Å². The summed E-state index contributed by atoms with van der Waals surface area (Å²) in [5, 5.41) is 11.7. The van der Waals surface area contributed by atoms with Crippen LogP contribution < -0.4 is 0 Å². The minimum absolute atomic E-state index is 0.0323. The largest absolute Gasteiger partial charge is 0.336 e. The molecule has 1 amide bonds. The van der Waals surface area contributed by atoms with E-state index in [1.807, 2.05) is 24.3 Å². The third-order valence-corrected chi connectivity index (χ3v) is 5.49. The maximum Gasteiger partial charge on any atom is 0.272 e. The van der Waals surface area contributed by atoms with Crippen LogP contribution in [0.2, 0.25) is 5.02 Å². The monoisotopic (exact) mass is 387 g/mol. The number of carbonyl (C=O) groups is 1. The first kappa shape index (κ1) is 19.3. The average molecular weight is 388 g/mol. The van der Waals surface area contributed by atoms with E-state index in [4.69, 9.17) is 11.6 Å². The third kappa shape index (κ3) is 4.12. The van der Waals surface area contributed by atoms with Crippen LogP contribution in [-0.2, 0) is 0 Å². The van der Waals surface area contributed by atoms with E-state index in [0.29, 0.717) is 24.2 Å². The number of nitrogens with zero attached hydrogens (tertiary/aromatic N) is 3. The Kier molecular flexibility index (Phi) is 5.77. The van der Waals surface area contributed by atoms with Crippen molar-refractivity contribution in [3.63, 3.8) is 0 Å². The number of nitro groups is 1. The Labute approximate surface area is 163 Å². The second kappa shape index (κ2) is 8.06. The molecular weight excluding hydrogens is 366 g/mol. The molecule has 0 spiro atoms. The highest BCUT2D eigenvalue weighted by atomic mass is 35.5. The highest BCUT2D eigenvalue weighted by Gasteiger charge is 2.26. The van der Waals surface area contributed by atoms with Gasteiger partial charge >= 0.3 is 0 Å². The van der Waals surface area contributed by atoms with Gasteiger partial charge in [-0.2, -0.15) is 0 Å². The van der Waals surface area contributed by atoms with Gasteiger partial charge in [0, 0.05) is 54.4 Å². The van der Waals surface area contributed by atoms with Crippen LogP contribution >= 0.6 is 11.6 Å². The van der Waals surface area contributed by atoms with Crippen LogP contribution in [0, 0.1) is 17.0 Å². The Bertz CT molecular complexity index is 863. The van der Waals surface area contributed by atoms with E-state index in [1.165, 1.54) is 12.1 Å². The van der Waals surface area contributed by atoms with Crippen molar-refractivity contribution in [2.24, 2.45) is 0 Å². The summed E-state index contributed by atoms with van der Waals surface area (Å²) < 4.78 is 0. The number of hydrogen-bond donors (Lipinski definition) is 0. The summed E-state index contributed by atoms with van der Waals surface area (Å²) in [7, 11) is 0. The minimum atomic E-state index is -0.432. The molecule has 1 aliphatic rings. The highest BCUT2D eigenvalue weighted by Crippen LogP contribution is 2.28. The lowest BCUT2D eigenvalue weighted by Crippen LogP contribution is -2.49. The van der Waals surface area contributed by atoms with Gasteiger partial charge in [-0.3, -0.25) is 19.8 Å². The molecule has 1 fully saturated rings. The van der Waals surface area contributed by atoms with E-state index in [9.17, 15) is 14.9 Å². The molecule has 2 aromatic rings. The molecule has 1 atom stereocenters. The second-order valence-electron chi connectivity index (χ2n) is 6.78. The molecule has 2 aromatic carbocycles. The molecular formula is C20H22ClN3O3. The average Bonchev–Trinajstić information content (AvgIpc) is 2.67. The fraction of sp³-hybridized carbons (Fsp3) is 0.350. The number of benzene rings is 2. The molecule has 6 nitrogen and oxygen atoms in total. The molecule has 0 saturated carbocycles. The van der Waals surface area contributed by atoms with E-state index in [2.05, 4.69) is 11.8 Å². The number of aryl methyl sites for hydroxylation is 1. The first-order valence-electron chi connectivity index (χ1n) is 8.91. The summed E-state index contributed by atoms with van der Waals surface area (Å²) >= 11 is 6.31. The van der Waals surface area contributed by atoms with Crippen LogP contribution in [0.15, 0.2) is 42.5 Å². The number of amides is 1. The number of halogens is 1. The molecule has 3 rings (SSSR count). The van der Waals surface area contributed by atoms with Gasteiger partial charge in [-0.1, -0.05) is 29.8 Å². The second-order valence-corrected chi connectivity index (χ2v) is 7.19. The normalized spacial score (nSPS) is 16.2. The summed E-state index contributed by atoms with van der Waals surface area (Å²) in [5.74, 6) is -0.0851. The van der Waals surface area contributed by atoms with E-state index in [-0.39, 0.29) is 17.6 Å². The topological polar surface area (TPSA) is 66.7 Å². The molecule has 1 unspecified atom stereocenters.